The number of hydrogen-bond acceptors (Lipinski definition) is 4. The Balaban J connectivity index is 2.26. The molecule has 0 aromatic carbocycles. The predicted octanol–water partition coefficient (Wildman–Crippen LogP) is -0.0321. The highest BCUT2D eigenvalue weighted by Gasteiger charge is 2.20. The van der Waals surface area contributed by atoms with Gasteiger partial charge in [0.1, 0.15) is 0 Å². The van der Waals surface area contributed by atoms with Gasteiger partial charge in [-0.25, -0.2) is 0 Å². The van der Waals surface area contributed by atoms with Crippen LogP contribution in [-0.4, -0.2) is 59.9 Å². The minimum absolute atomic E-state index is 0.00328. The highest BCUT2D eigenvalue weighted by atomic mass is 16.3. The molecule has 1 saturated carbocycles. The van der Waals surface area contributed by atoms with Gasteiger partial charge in [0.2, 0.25) is 5.91 Å². The Hall–Kier alpha value is -0.650. The van der Waals surface area contributed by atoms with Crippen molar-refractivity contribution < 1.29 is 15.0 Å². The Labute approximate surface area is 109 Å². The van der Waals surface area contributed by atoms with Crippen molar-refractivity contribution in [1.29, 1.82) is 0 Å². The number of aliphatic hydroxyl groups is 2. The second-order valence-electron chi connectivity index (χ2n) is 5.25. The average molecular weight is 258 g/mol. The van der Waals surface area contributed by atoms with Gasteiger partial charge in [-0.15, -0.1) is 0 Å². The number of nitrogens with zero attached hydrogens (tertiary/aromatic N) is 1. The number of carbonyl (C=O) groups excluding carboxylic acids is 1. The molecular formula is C13H26N2O3. The van der Waals surface area contributed by atoms with Gasteiger partial charge in [0, 0.05) is 19.1 Å². The van der Waals surface area contributed by atoms with E-state index < -0.39 is 0 Å². The van der Waals surface area contributed by atoms with Gasteiger partial charge < -0.3 is 15.5 Å². The minimum Gasteiger partial charge on any atom is -0.395 e. The van der Waals surface area contributed by atoms with Gasteiger partial charge in [0.15, 0.2) is 0 Å². The predicted molar refractivity (Wildman–Crippen MR) is 70.2 cm³/mol. The van der Waals surface area contributed by atoms with E-state index in [1.807, 2.05) is 0 Å². The van der Waals surface area contributed by atoms with Gasteiger partial charge in [0.25, 0.3) is 0 Å². The van der Waals surface area contributed by atoms with Crippen LogP contribution >= 0.6 is 0 Å². The van der Waals surface area contributed by atoms with E-state index in [1.54, 1.807) is 4.90 Å². The van der Waals surface area contributed by atoms with Crippen molar-refractivity contribution in [3.05, 3.63) is 0 Å². The maximum atomic E-state index is 11.8. The first-order chi connectivity index (χ1) is 8.65. The van der Waals surface area contributed by atoms with Gasteiger partial charge in [-0.05, 0) is 31.6 Å². The first kappa shape index (κ1) is 15.4. The lowest BCUT2D eigenvalue weighted by atomic mass is 9.87. The summed E-state index contributed by atoms with van der Waals surface area (Å²) >= 11 is 0. The fourth-order valence-electron chi connectivity index (χ4n) is 2.43. The molecule has 1 aliphatic rings. The standard InChI is InChI=1S/C13H26N2O3/c1-11-2-4-12(5-3-11)14-13(18)10-15(6-8-16)7-9-17/h11-12,16-17H,2-10H2,1H3,(H,14,18). The first-order valence-corrected chi connectivity index (χ1v) is 6.89. The van der Waals surface area contributed by atoms with E-state index in [4.69, 9.17) is 10.2 Å². The maximum Gasteiger partial charge on any atom is 0.234 e. The third-order valence-corrected chi connectivity index (χ3v) is 3.58. The summed E-state index contributed by atoms with van der Waals surface area (Å²) in [5, 5.41) is 20.8. The highest BCUT2D eigenvalue weighted by Crippen LogP contribution is 2.23. The quantitative estimate of drug-likeness (QED) is 0.599. The summed E-state index contributed by atoms with van der Waals surface area (Å²) in [7, 11) is 0. The van der Waals surface area contributed by atoms with Crippen LogP contribution in [0.15, 0.2) is 0 Å². The largest absolute Gasteiger partial charge is 0.395 e. The van der Waals surface area contributed by atoms with E-state index in [0.717, 1.165) is 18.8 Å². The molecule has 1 fully saturated rings. The van der Waals surface area contributed by atoms with Gasteiger partial charge in [-0.3, -0.25) is 9.69 Å². The maximum absolute atomic E-state index is 11.8. The van der Waals surface area contributed by atoms with E-state index >= 15 is 0 Å². The molecule has 0 unspecified atom stereocenters. The van der Waals surface area contributed by atoms with Crippen LogP contribution in [0.2, 0.25) is 0 Å². The zero-order valence-electron chi connectivity index (χ0n) is 11.3. The lowest BCUT2D eigenvalue weighted by Gasteiger charge is -2.28. The molecule has 3 N–H and O–H groups in total. The van der Waals surface area contributed by atoms with E-state index in [-0.39, 0.29) is 25.7 Å². The summed E-state index contributed by atoms with van der Waals surface area (Å²) < 4.78 is 0. The first-order valence-electron chi connectivity index (χ1n) is 6.89. The van der Waals surface area contributed by atoms with Crippen LogP contribution in [-0.2, 0) is 4.79 Å². The summed E-state index contributed by atoms with van der Waals surface area (Å²) in [4.78, 5) is 13.6. The van der Waals surface area contributed by atoms with Crippen molar-refractivity contribution in [2.45, 2.75) is 38.6 Å². The molecule has 5 heteroatoms. The van der Waals surface area contributed by atoms with Gasteiger partial charge in [-0.2, -0.15) is 0 Å². The molecule has 0 bridgehead atoms. The average Bonchev–Trinajstić information content (AvgIpc) is 2.33. The number of nitrogens with one attached hydrogen (secondary N) is 1. The third kappa shape index (κ3) is 5.80. The van der Waals surface area contributed by atoms with E-state index in [1.165, 1.54) is 12.8 Å². The minimum atomic E-state index is -0.00328. The lowest BCUT2D eigenvalue weighted by Crippen LogP contribution is -2.44. The van der Waals surface area contributed by atoms with Crippen LogP contribution in [0.4, 0.5) is 0 Å². The molecule has 0 aliphatic heterocycles. The van der Waals surface area contributed by atoms with Crippen LogP contribution in [0.25, 0.3) is 0 Å². The fraction of sp³-hybridized carbons (Fsp3) is 0.923. The number of aliphatic hydroxyl groups excluding tert-OH is 2. The Morgan fingerprint density at radius 2 is 1.72 bits per heavy atom. The number of hydrogen-bond donors (Lipinski definition) is 3. The molecule has 18 heavy (non-hydrogen) atoms. The molecule has 0 atom stereocenters. The second kappa shape index (κ2) is 8.45. The molecule has 0 aromatic rings. The number of amides is 1. The van der Waals surface area contributed by atoms with Gasteiger partial charge in [0.05, 0.1) is 19.8 Å². The molecule has 106 valence electrons. The summed E-state index contributed by atoms with van der Waals surface area (Å²) in [6, 6.07) is 0.304. The molecule has 0 heterocycles. The van der Waals surface area contributed by atoms with E-state index in [2.05, 4.69) is 12.2 Å². The SMILES string of the molecule is CC1CCC(NC(=O)CN(CCO)CCO)CC1. The summed E-state index contributed by atoms with van der Waals surface area (Å²) in [5.41, 5.74) is 0. The van der Waals surface area contributed by atoms with Crippen molar-refractivity contribution >= 4 is 5.91 Å². The molecule has 5 nitrogen and oxygen atoms in total. The Morgan fingerprint density at radius 3 is 2.22 bits per heavy atom. The molecule has 1 aliphatic carbocycles. The Bertz CT molecular complexity index is 234. The fourth-order valence-corrected chi connectivity index (χ4v) is 2.43. The van der Waals surface area contributed by atoms with Crippen LogP contribution in [0, 0.1) is 5.92 Å². The Morgan fingerprint density at radius 1 is 1.17 bits per heavy atom. The monoisotopic (exact) mass is 258 g/mol. The number of rotatable bonds is 7. The summed E-state index contributed by atoms with van der Waals surface area (Å²) in [6.07, 6.45) is 4.49. The van der Waals surface area contributed by atoms with Crippen molar-refractivity contribution in [2.75, 3.05) is 32.8 Å². The molecule has 0 radical (unpaired) electrons. The van der Waals surface area contributed by atoms with Crippen molar-refractivity contribution in [3.8, 4) is 0 Å². The topological polar surface area (TPSA) is 72.8 Å². The summed E-state index contributed by atoms with van der Waals surface area (Å²) in [6.45, 7) is 3.38. The van der Waals surface area contributed by atoms with Gasteiger partial charge >= 0.3 is 0 Å². The smallest absolute Gasteiger partial charge is 0.234 e. The van der Waals surface area contributed by atoms with Crippen molar-refractivity contribution in [3.63, 3.8) is 0 Å². The summed E-state index contributed by atoms with van der Waals surface area (Å²) in [5.74, 6) is 0.773. The van der Waals surface area contributed by atoms with Crippen LogP contribution in [0.3, 0.4) is 0 Å². The zero-order chi connectivity index (χ0) is 13.4. The van der Waals surface area contributed by atoms with Crippen LogP contribution in [0.1, 0.15) is 32.6 Å². The normalized spacial score (nSPS) is 24.2. The molecule has 0 aromatic heterocycles. The van der Waals surface area contributed by atoms with Crippen LogP contribution in [0.5, 0.6) is 0 Å². The van der Waals surface area contributed by atoms with E-state index in [9.17, 15) is 4.79 Å². The van der Waals surface area contributed by atoms with Crippen molar-refractivity contribution in [2.24, 2.45) is 5.92 Å². The Kier molecular flexibility index (Phi) is 7.23. The molecule has 0 saturated heterocycles. The lowest BCUT2D eigenvalue weighted by molar-refractivity contribution is -0.123. The van der Waals surface area contributed by atoms with Crippen molar-refractivity contribution in [1.82, 2.24) is 10.2 Å². The molecule has 1 rings (SSSR count). The number of carbonyl (C=O) groups is 1. The molecule has 0 spiro atoms. The second-order valence-corrected chi connectivity index (χ2v) is 5.25. The highest BCUT2D eigenvalue weighted by molar-refractivity contribution is 5.78. The zero-order valence-corrected chi connectivity index (χ0v) is 11.3. The molecule has 1 amide bonds. The van der Waals surface area contributed by atoms with E-state index in [0.29, 0.717) is 19.1 Å². The molecular weight excluding hydrogens is 232 g/mol. The van der Waals surface area contributed by atoms with Crippen LogP contribution < -0.4 is 5.32 Å². The third-order valence-electron chi connectivity index (χ3n) is 3.58. The van der Waals surface area contributed by atoms with Gasteiger partial charge in [-0.1, -0.05) is 6.92 Å².